The van der Waals surface area contributed by atoms with E-state index in [-0.39, 0.29) is 29.7 Å². The molecular formula is C11H14N4O3S. The van der Waals surface area contributed by atoms with E-state index >= 15 is 0 Å². The number of nitro benzene ring substituents is 1. The zero-order valence-corrected chi connectivity index (χ0v) is 10.9. The number of carbonyl (C=O) groups excluding carboxylic acids is 1. The Labute approximate surface area is 114 Å². The Morgan fingerprint density at radius 2 is 2.11 bits per heavy atom. The van der Waals surface area contributed by atoms with Crippen LogP contribution in [0.15, 0.2) is 24.3 Å². The molecule has 1 amide bonds. The van der Waals surface area contributed by atoms with Crippen LogP contribution in [0.25, 0.3) is 0 Å². The molecule has 7 nitrogen and oxygen atoms in total. The van der Waals surface area contributed by atoms with Gasteiger partial charge in [0, 0.05) is 17.9 Å². The average Bonchev–Trinajstić information content (AvgIpc) is 2.36. The van der Waals surface area contributed by atoms with E-state index < -0.39 is 4.92 Å². The van der Waals surface area contributed by atoms with Crippen LogP contribution in [0.5, 0.6) is 0 Å². The molecule has 0 saturated carbocycles. The first-order valence-electron chi connectivity index (χ1n) is 5.70. The van der Waals surface area contributed by atoms with Gasteiger partial charge in [-0.2, -0.15) is 0 Å². The van der Waals surface area contributed by atoms with Crippen LogP contribution >= 0.6 is 11.8 Å². The van der Waals surface area contributed by atoms with Crippen molar-refractivity contribution in [3.8, 4) is 0 Å². The number of nitrogens with two attached hydrogens (primary N) is 1. The van der Waals surface area contributed by atoms with Crippen molar-refractivity contribution in [1.82, 2.24) is 10.6 Å². The van der Waals surface area contributed by atoms with Gasteiger partial charge in [0.1, 0.15) is 5.50 Å². The summed E-state index contributed by atoms with van der Waals surface area (Å²) in [5.41, 5.74) is 6.47. The lowest BCUT2D eigenvalue weighted by atomic mass is 10.2. The van der Waals surface area contributed by atoms with Crippen LogP contribution in [0, 0.1) is 10.1 Å². The van der Waals surface area contributed by atoms with Gasteiger partial charge in [-0.25, -0.2) is 0 Å². The lowest BCUT2D eigenvalue weighted by Crippen LogP contribution is -2.57. The second-order valence-corrected chi connectivity index (χ2v) is 5.25. The van der Waals surface area contributed by atoms with Crippen molar-refractivity contribution < 1.29 is 9.72 Å². The largest absolute Gasteiger partial charge is 0.332 e. The number of carbonyl (C=O) groups is 1. The summed E-state index contributed by atoms with van der Waals surface area (Å²) in [7, 11) is 0. The predicted molar refractivity (Wildman–Crippen MR) is 72.1 cm³/mol. The molecule has 102 valence electrons. The highest BCUT2D eigenvalue weighted by Crippen LogP contribution is 2.19. The fourth-order valence-electron chi connectivity index (χ4n) is 1.68. The van der Waals surface area contributed by atoms with Crippen molar-refractivity contribution in [2.75, 3.05) is 0 Å². The van der Waals surface area contributed by atoms with Crippen LogP contribution in [0.1, 0.15) is 12.0 Å². The molecule has 1 aromatic rings. The predicted octanol–water partition coefficient (Wildman–Crippen LogP) is 0.506. The Bertz CT molecular complexity index is 479. The second-order valence-electron chi connectivity index (χ2n) is 4.16. The zero-order valence-electron chi connectivity index (χ0n) is 10.0. The van der Waals surface area contributed by atoms with Crippen LogP contribution in [-0.4, -0.2) is 22.5 Å². The van der Waals surface area contributed by atoms with Crippen molar-refractivity contribution >= 4 is 23.4 Å². The molecule has 1 heterocycles. The number of hydrogen-bond acceptors (Lipinski definition) is 6. The van der Waals surface area contributed by atoms with Crippen molar-refractivity contribution in [3.63, 3.8) is 0 Å². The molecule has 2 rings (SSSR count). The van der Waals surface area contributed by atoms with Crippen LogP contribution in [0.4, 0.5) is 5.69 Å². The fourth-order valence-corrected chi connectivity index (χ4v) is 2.72. The van der Waals surface area contributed by atoms with E-state index in [0.717, 1.165) is 5.56 Å². The number of hydrogen-bond donors (Lipinski definition) is 3. The van der Waals surface area contributed by atoms with Crippen molar-refractivity contribution in [2.24, 2.45) is 5.73 Å². The number of nitrogens with one attached hydrogen (secondary N) is 2. The molecule has 2 unspecified atom stereocenters. The van der Waals surface area contributed by atoms with E-state index in [1.807, 2.05) is 0 Å². The van der Waals surface area contributed by atoms with E-state index in [0.29, 0.717) is 5.75 Å². The first kappa shape index (κ1) is 13.8. The first-order chi connectivity index (χ1) is 9.04. The van der Waals surface area contributed by atoms with E-state index in [9.17, 15) is 14.9 Å². The molecule has 19 heavy (non-hydrogen) atoms. The molecule has 4 N–H and O–H groups in total. The second kappa shape index (κ2) is 6.00. The molecule has 0 aliphatic carbocycles. The van der Waals surface area contributed by atoms with Crippen molar-refractivity contribution in [2.45, 2.75) is 23.8 Å². The van der Waals surface area contributed by atoms with Crippen LogP contribution in [-0.2, 0) is 10.5 Å². The van der Waals surface area contributed by atoms with Gasteiger partial charge in [0.15, 0.2) is 0 Å². The molecule has 1 aliphatic rings. The standard InChI is InChI=1S/C11H14N4O3S/c12-9-5-10(16)14-11(13-9)19-6-7-1-3-8(4-2-7)15(17)18/h1-4,9,11,13H,5-6,12H2,(H,14,16). The summed E-state index contributed by atoms with van der Waals surface area (Å²) in [6, 6.07) is 6.34. The quantitative estimate of drug-likeness (QED) is 0.548. The molecule has 1 aromatic carbocycles. The average molecular weight is 282 g/mol. The van der Waals surface area contributed by atoms with Gasteiger partial charge >= 0.3 is 0 Å². The number of nitrogens with zero attached hydrogens (tertiary/aromatic N) is 1. The first-order valence-corrected chi connectivity index (χ1v) is 6.75. The smallest absolute Gasteiger partial charge is 0.269 e. The van der Waals surface area contributed by atoms with Gasteiger partial charge in [-0.05, 0) is 5.56 Å². The molecule has 8 heteroatoms. The van der Waals surface area contributed by atoms with Crippen LogP contribution < -0.4 is 16.4 Å². The molecule has 1 aliphatic heterocycles. The molecule has 1 fully saturated rings. The third kappa shape index (κ3) is 3.91. The fraction of sp³-hybridized carbons (Fsp3) is 0.364. The Hall–Kier alpha value is -1.64. The highest BCUT2D eigenvalue weighted by atomic mass is 32.2. The molecular weight excluding hydrogens is 268 g/mol. The number of thioether (sulfide) groups is 1. The monoisotopic (exact) mass is 282 g/mol. The number of non-ortho nitro benzene ring substituents is 1. The van der Waals surface area contributed by atoms with Crippen molar-refractivity contribution in [3.05, 3.63) is 39.9 Å². The van der Waals surface area contributed by atoms with E-state index in [4.69, 9.17) is 5.73 Å². The minimum absolute atomic E-state index is 0.0693. The lowest BCUT2D eigenvalue weighted by molar-refractivity contribution is -0.384. The summed E-state index contributed by atoms with van der Waals surface area (Å²) in [4.78, 5) is 21.4. The highest BCUT2D eigenvalue weighted by molar-refractivity contribution is 7.99. The minimum Gasteiger partial charge on any atom is -0.332 e. The van der Waals surface area contributed by atoms with Crippen molar-refractivity contribution in [1.29, 1.82) is 0 Å². The van der Waals surface area contributed by atoms with E-state index in [1.54, 1.807) is 12.1 Å². The summed E-state index contributed by atoms with van der Waals surface area (Å²) in [5, 5.41) is 16.3. The van der Waals surface area contributed by atoms with Gasteiger partial charge in [-0.3, -0.25) is 20.2 Å². The molecule has 1 saturated heterocycles. The Kier molecular flexibility index (Phi) is 4.35. The molecule has 0 radical (unpaired) electrons. The highest BCUT2D eigenvalue weighted by Gasteiger charge is 2.23. The maximum atomic E-state index is 11.3. The summed E-state index contributed by atoms with van der Waals surface area (Å²) >= 11 is 1.48. The van der Waals surface area contributed by atoms with Gasteiger partial charge in [0.2, 0.25) is 5.91 Å². The van der Waals surface area contributed by atoms with Gasteiger partial charge in [0.05, 0.1) is 17.5 Å². The number of benzene rings is 1. The summed E-state index contributed by atoms with van der Waals surface area (Å²) in [6.45, 7) is 0. The summed E-state index contributed by atoms with van der Waals surface area (Å²) in [6.07, 6.45) is -0.0580. The molecule has 0 aromatic heterocycles. The SMILES string of the molecule is NC1CC(=O)NC(SCc2ccc([N+](=O)[O-])cc2)N1. The van der Waals surface area contributed by atoms with Crippen LogP contribution in [0.3, 0.4) is 0 Å². The van der Waals surface area contributed by atoms with Gasteiger partial charge in [-0.1, -0.05) is 12.1 Å². The number of amides is 1. The zero-order chi connectivity index (χ0) is 13.8. The van der Waals surface area contributed by atoms with E-state index in [1.165, 1.54) is 23.9 Å². The Morgan fingerprint density at radius 3 is 2.68 bits per heavy atom. The van der Waals surface area contributed by atoms with Gasteiger partial charge in [-0.15, -0.1) is 11.8 Å². The summed E-state index contributed by atoms with van der Waals surface area (Å²) < 4.78 is 0. The van der Waals surface area contributed by atoms with Gasteiger partial charge < -0.3 is 11.1 Å². The third-order valence-electron chi connectivity index (χ3n) is 2.63. The molecule has 2 atom stereocenters. The number of rotatable bonds is 4. The maximum absolute atomic E-state index is 11.3. The lowest BCUT2D eigenvalue weighted by Gasteiger charge is -2.28. The third-order valence-corrected chi connectivity index (χ3v) is 3.71. The van der Waals surface area contributed by atoms with Gasteiger partial charge in [0.25, 0.3) is 5.69 Å². The molecule has 0 spiro atoms. The minimum atomic E-state index is -0.432. The topological polar surface area (TPSA) is 110 Å². The Morgan fingerprint density at radius 1 is 1.42 bits per heavy atom. The molecule has 0 bridgehead atoms. The number of nitro groups is 1. The normalized spacial score (nSPS) is 22.9. The van der Waals surface area contributed by atoms with Crippen LogP contribution in [0.2, 0.25) is 0 Å². The maximum Gasteiger partial charge on any atom is 0.269 e. The van der Waals surface area contributed by atoms with E-state index in [2.05, 4.69) is 10.6 Å². The Balaban J connectivity index is 1.88. The summed E-state index contributed by atoms with van der Waals surface area (Å²) in [5.74, 6) is 0.551.